The van der Waals surface area contributed by atoms with E-state index < -0.39 is 0 Å². The van der Waals surface area contributed by atoms with Gasteiger partial charge in [0.25, 0.3) is 0 Å². The lowest BCUT2D eigenvalue weighted by atomic mass is 10.4. The Bertz CT molecular complexity index is 251. The first-order valence-corrected chi connectivity index (χ1v) is 4.04. The molecule has 1 atom stereocenters. The molecular weight excluding hydrogens is 189 g/mol. The number of halogens is 2. The van der Waals surface area contributed by atoms with Crippen LogP contribution in [0, 0.1) is 0 Å². The normalized spacial score (nSPS) is 21.5. The van der Waals surface area contributed by atoms with E-state index in [1.165, 1.54) is 0 Å². The van der Waals surface area contributed by atoms with Gasteiger partial charge in [-0.3, -0.25) is 0 Å². The average molecular weight is 194 g/mol. The second-order valence-corrected chi connectivity index (χ2v) is 2.89. The van der Waals surface area contributed by atoms with Gasteiger partial charge in [0.1, 0.15) is 6.10 Å². The molecule has 0 saturated heterocycles. The highest BCUT2D eigenvalue weighted by molar-refractivity contribution is 6.28. The lowest BCUT2D eigenvalue weighted by Crippen LogP contribution is -2.16. The molecule has 0 amide bonds. The fourth-order valence-corrected chi connectivity index (χ4v) is 1.29. The second kappa shape index (κ2) is 2.53. The van der Waals surface area contributed by atoms with Crippen molar-refractivity contribution in [2.75, 3.05) is 5.88 Å². The fraction of sp³-hybridized carbons (Fsp3) is 0.600. The maximum atomic E-state index is 5.57. The van der Waals surface area contributed by atoms with Crippen LogP contribution >= 0.6 is 23.2 Å². The van der Waals surface area contributed by atoms with Gasteiger partial charge in [0.15, 0.2) is 0 Å². The number of rotatable bonds is 1. The molecule has 0 fully saturated rings. The van der Waals surface area contributed by atoms with E-state index in [9.17, 15) is 0 Å². The van der Waals surface area contributed by atoms with Crippen LogP contribution in [0.25, 0.3) is 0 Å². The largest absolute Gasteiger partial charge is 0.457 e. The van der Waals surface area contributed by atoms with Gasteiger partial charge in [-0.15, -0.1) is 16.7 Å². The van der Waals surface area contributed by atoms with Gasteiger partial charge < -0.3 is 4.74 Å². The highest BCUT2D eigenvalue weighted by Gasteiger charge is 2.24. The van der Waals surface area contributed by atoms with E-state index in [1.807, 2.05) is 0 Å². The smallest absolute Gasteiger partial charge is 0.316 e. The summed E-state index contributed by atoms with van der Waals surface area (Å²) >= 11 is 11.1. The Labute approximate surface area is 73.1 Å². The molecule has 11 heavy (non-hydrogen) atoms. The van der Waals surface area contributed by atoms with Crippen molar-refractivity contribution in [3.8, 4) is 6.01 Å². The summed E-state index contributed by atoms with van der Waals surface area (Å²) in [4.78, 5) is 3.83. The molecule has 2 heterocycles. The summed E-state index contributed by atoms with van der Waals surface area (Å²) in [6.45, 7) is 0.637. The van der Waals surface area contributed by atoms with Crippen LogP contribution in [0.5, 0.6) is 6.01 Å². The van der Waals surface area contributed by atoms with Crippen molar-refractivity contribution < 1.29 is 4.74 Å². The Balaban J connectivity index is 2.23. The Morgan fingerprint density at radius 3 is 3.18 bits per heavy atom. The highest BCUT2D eigenvalue weighted by Crippen LogP contribution is 2.20. The molecule has 2 rings (SSSR count). The first-order chi connectivity index (χ1) is 5.29. The minimum absolute atomic E-state index is 0.0102. The number of aromatic nitrogens is 3. The molecule has 0 aromatic carbocycles. The molecule has 1 aromatic rings. The van der Waals surface area contributed by atoms with E-state index >= 15 is 0 Å². The Morgan fingerprint density at radius 2 is 2.55 bits per heavy atom. The molecule has 0 saturated carbocycles. The maximum absolute atomic E-state index is 5.57. The topological polar surface area (TPSA) is 39.9 Å². The number of fused-ring (bicyclic) bond motifs is 1. The molecule has 1 unspecified atom stereocenters. The van der Waals surface area contributed by atoms with Crippen molar-refractivity contribution in [1.29, 1.82) is 0 Å². The van der Waals surface area contributed by atoms with Crippen LogP contribution < -0.4 is 4.74 Å². The number of hydrogen-bond acceptors (Lipinski definition) is 3. The lowest BCUT2D eigenvalue weighted by Gasteiger charge is -2.01. The molecule has 0 radical (unpaired) electrons. The first-order valence-electron chi connectivity index (χ1n) is 3.12. The zero-order valence-corrected chi connectivity index (χ0v) is 7.01. The zero-order chi connectivity index (χ0) is 7.84. The van der Waals surface area contributed by atoms with Gasteiger partial charge in [-0.2, -0.15) is 4.98 Å². The van der Waals surface area contributed by atoms with Gasteiger partial charge in [-0.25, -0.2) is 4.68 Å². The summed E-state index contributed by atoms with van der Waals surface area (Å²) in [5.41, 5.74) is 0. The standard InChI is InChI=1S/C5H5Cl2N3O/c6-1-3-2-10-5(11-3)8-4(7)9-10/h3H,1-2H2. The zero-order valence-electron chi connectivity index (χ0n) is 5.50. The maximum Gasteiger partial charge on any atom is 0.316 e. The van der Waals surface area contributed by atoms with Crippen molar-refractivity contribution in [3.05, 3.63) is 5.28 Å². The van der Waals surface area contributed by atoms with Crippen LogP contribution in [0.1, 0.15) is 0 Å². The summed E-state index contributed by atoms with van der Waals surface area (Å²) in [7, 11) is 0. The van der Waals surface area contributed by atoms with E-state index in [4.69, 9.17) is 27.9 Å². The number of hydrogen-bond donors (Lipinski definition) is 0. The highest BCUT2D eigenvalue weighted by atomic mass is 35.5. The fourth-order valence-electron chi connectivity index (χ4n) is 0.967. The molecule has 0 spiro atoms. The van der Waals surface area contributed by atoms with Crippen LogP contribution in [-0.2, 0) is 6.54 Å². The molecular formula is C5H5Cl2N3O. The molecule has 1 aliphatic heterocycles. The van der Waals surface area contributed by atoms with Crippen LogP contribution in [0.15, 0.2) is 0 Å². The molecule has 0 N–H and O–H groups in total. The number of alkyl halides is 1. The summed E-state index contributed by atoms with van der Waals surface area (Å²) in [5.74, 6) is 0.447. The van der Waals surface area contributed by atoms with Crippen LogP contribution in [0.4, 0.5) is 0 Å². The monoisotopic (exact) mass is 193 g/mol. The van der Waals surface area contributed by atoms with E-state index in [0.717, 1.165) is 0 Å². The second-order valence-electron chi connectivity index (χ2n) is 2.24. The third-order valence-corrected chi connectivity index (χ3v) is 1.94. The molecule has 1 aliphatic rings. The number of nitrogens with zero attached hydrogens (tertiary/aromatic N) is 3. The van der Waals surface area contributed by atoms with E-state index in [0.29, 0.717) is 18.4 Å². The SMILES string of the molecule is ClCC1Cn2nc(Cl)nc2O1. The van der Waals surface area contributed by atoms with Crippen molar-refractivity contribution >= 4 is 23.2 Å². The van der Waals surface area contributed by atoms with E-state index in [-0.39, 0.29) is 11.4 Å². The third-order valence-electron chi connectivity index (χ3n) is 1.43. The van der Waals surface area contributed by atoms with Gasteiger partial charge in [0.2, 0.25) is 5.28 Å². The van der Waals surface area contributed by atoms with Crippen molar-refractivity contribution in [2.24, 2.45) is 0 Å². The predicted molar refractivity (Wildman–Crippen MR) is 40.2 cm³/mol. The predicted octanol–water partition coefficient (Wildman–Crippen LogP) is 0.931. The first kappa shape index (κ1) is 7.18. The Kier molecular flexibility index (Phi) is 1.65. The number of ether oxygens (including phenoxy) is 1. The minimum atomic E-state index is -0.0102. The van der Waals surface area contributed by atoms with E-state index in [1.54, 1.807) is 4.68 Å². The minimum Gasteiger partial charge on any atom is -0.457 e. The van der Waals surface area contributed by atoms with Gasteiger partial charge in [-0.1, -0.05) is 0 Å². The van der Waals surface area contributed by atoms with Crippen molar-refractivity contribution in [3.63, 3.8) is 0 Å². The third kappa shape index (κ3) is 1.16. The quantitative estimate of drug-likeness (QED) is 0.624. The van der Waals surface area contributed by atoms with Crippen LogP contribution in [-0.4, -0.2) is 26.7 Å². The van der Waals surface area contributed by atoms with Gasteiger partial charge >= 0.3 is 6.01 Å². The van der Waals surface area contributed by atoms with Crippen molar-refractivity contribution in [2.45, 2.75) is 12.6 Å². The average Bonchev–Trinajstić information content (AvgIpc) is 2.43. The Hall–Kier alpha value is -0.480. The Morgan fingerprint density at radius 1 is 1.73 bits per heavy atom. The summed E-state index contributed by atoms with van der Waals surface area (Å²) in [5, 5.41) is 4.09. The van der Waals surface area contributed by atoms with Gasteiger partial charge in [0.05, 0.1) is 12.4 Å². The molecule has 60 valence electrons. The van der Waals surface area contributed by atoms with E-state index in [2.05, 4.69) is 10.1 Å². The molecule has 0 bridgehead atoms. The molecule has 1 aromatic heterocycles. The summed E-state index contributed by atoms with van der Waals surface area (Å²) in [6.07, 6.45) is -0.0102. The molecule has 0 aliphatic carbocycles. The molecule has 4 nitrogen and oxygen atoms in total. The van der Waals surface area contributed by atoms with Crippen LogP contribution in [0.2, 0.25) is 5.28 Å². The summed E-state index contributed by atoms with van der Waals surface area (Å²) in [6, 6.07) is 0.459. The van der Waals surface area contributed by atoms with Crippen molar-refractivity contribution in [1.82, 2.24) is 14.8 Å². The summed E-state index contributed by atoms with van der Waals surface area (Å²) < 4.78 is 6.86. The van der Waals surface area contributed by atoms with Crippen LogP contribution in [0.3, 0.4) is 0 Å². The molecule has 6 heteroatoms. The van der Waals surface area contributed by atoms with Gasteiger partial charge in [0, 0.05) is 0 Å². The lowest BCUT2D eigenvalue weighted by molar-refractivity contribution is 0.248. The van der Waals surface area contributed by atoms with Gasteiger partial charge in [-0.05, 0) is 11.6 Å².